The maximum absolute atomic E-state index is 3.43. The van der Waals surface area contributed by atoms with Crippen molar-refractivity contribution in [2.24, 2.45) is 5.92 Å². The van der Waals surface area contributed by atoms with Gasteiger partial charge in [0.1, 0.15) is 0 Å². The van der Waals surface area contributed by atoms with Gasteiger partial charge in [0, 0.05) is 6.04 Å². The van der Waals surface area contributed by atoms with Gasteiger partial charge in [-0.25, -0.2) is 0 Å². The van der Waals surface area contributed by atoms with Crippen molar-refractivity contribution in [1.29, 1.82) is 0 Å². The van der Waals surface area contributed by atoms with Crippen LogP contribution in [-0.4, -0.2) is 37.6 Å². The van der Waals surface area contributed by atoms with Crippen LogP contribution in [0.5, 0.6) is 0 Å². The molecule has 78 valence electrons. The van der Waals surface area contributed by atoms with Gasteiger partial charge < -0.3 is 10.2 Å². The molecule has 0 aliphatic carbocycles. The summed E-state index contributed by atoms with van der Waals surface area (Å²) in [7, 11) is 2.26. The molecule has 0 bridgehead atoms. The molecule has 1 aliphatic rings. The Bertz CT molecular complexity index is 130. The molecular formula is C11H24N2. The molecule has 1 heterocycles. The Balaban J connectivity index is 2.43. The molecule has 0 saturated carbocycles. The normalized spacial score (nSPS) is 22.2. The van der Waals surface area contributed by atoms with E-state index in [0.29, 0.717) is 0 Å². The van der Waals surface area contributed by atoms with Gasteiger partial charge in [-0.1, -0.05) is 13.8 Å². The highest BCUT2D eigenvalue weighted by atomic mass is 15.1. The van der Waals surface area contributed by atoms with Crippen molar-refractivity contribution < 1.29 is 0 Å². The fourth-order valence-corrected chi connectivity index (χ4v) is 2.47. The smallest absolute Gasteiger partial charge is 0.0119 e. The first-order valence-electron chi connectivity index (χ1n) is 5.70. The van der Waals surface area contributed by atoms with Crippen molar-refractivity contribution in [2.45, 2.75) is 39.2 Å². The van der Waals surface area contributed by atoms with E-state index in [4.69, 9.17) is 0 Å². The lowest BCUT2D eigenvalue weighted by atomic mass is 9.88. The van der Waals surface area contributed by atoms with Crippen LogP contribution in [0.2, 0.25) is 0 Å². The molecule has 1 aliphatic heterocycles. The lowest BCUT2D eigenvalue weighted by Gasteiger charge is -2.35. The van der Waals surface area contributed by atoms with Gasteiger partial charge in [-0.05, 0) is 51.9 Å². The first kappa shape index (κ1) is 11.0. The summed E-state index contributed by atoms with van der Waals surface area (Å²) in [5.41, 5.74) is 0. The Hall–Kier alpha value is -0.0800. The Morgan fingerprint density at radius 2 is 1.92 bits per heavy atom. The molecule has 1 fully saturated rings. The van der Waals surface area contributed by atoms with Crippen molar-refractivity contribution in [3.63, 3.8) is 0 Å². The zero-order valence-electron chi connectivity index (χ0n) is 9.34. The summed E-state index contributed by atoms with van der Waals surface area (Å²) in [6.45, 7) is 8.20. The molecule has 1 saturated heterocycles. The van der Waals surface area contributed by atoms with Crippen molar-refractivity contribution in [2.75, 3.05) is 26.7 Å². The van der Waals surface area contributed by atoms with Crippen LogP contribution in [0, 0.1) is 5.92 Å². The molecule has 0 aromatic heterocycles. The van der Waals surface area contributed by atoms with Crippen LogP contribution in [0.25, 0.3) is 0 Å². The summed E-state index contributed by atoms with van der Waals surface area (Å²) in [4.78, 5) is 2.51. The fourth-order valence-electron chi connectivity index (χ4n) is 2.47. The topological polar surface area (TPSA) is 15.3 Å². The predicted molar refractivity (Wildman–Crippen MR) is 58.0 cm³/mol. The van der Waals surface area contributed by atoms with E-state index in [9.17, 15) is 0 Å². The van der Waals surface area contributed by atoms with Gasteiger partial charge in [-0.15, -0.1) is 0 Å². The molecule has 0 unspecified atom stereocenters. The third kappa shape index (κ3) is 2.96. The molecule has 0 spiro atoms. The summed E-state index contributed by atoms with van der Waals surface area (Å²) in [5, 5.41) is 3.43. The van der Waals surface area contributed by atoms with Gasteiger partial charge in [0.15, 0.2) is 0 Å². The van der Waals surface area contributed by atoms with E-state index >= 15 is 0 Å². The molecular weight excluding hydrogens is 160 g/mol. The number of nitrogens with zero attached hydrogens (tertiary/aromatic N) is 1. The number of nitrogens with one attached hydrogen (secondary N) is 1. The number of piperidine rings is 1. The van der Waals surface area contributed by atoms with Gasteiger partial charge in [0.05, 0.1) is 0 Å². The Kier molecular flexibility index (Phi) is 4.74. The largest absolute Gasteiger partial charge is 0.317 e. The zero-order valence-corrected chi connectivity index (χ0v) is 9.34. The van der Waals surface area contributed by atoms with Crippen LogP contribution in [0.3, 0.4) is 0 Å². The first-order valence-corrected chi connectivity index (χ1v) is 5.70. The van der Waals surface area contributed by atoms with Crippen LogP contribution in [0.1, 0.15) is 33.1 Å². The molecule has 1 rings (SSSR count). The summed E-state index contributed by atoms with van der Waals surface area (Å²) >= 11 is 0. The van der Waals surface area contributed by atoms with Gasteiger partial charge in [0.25, 0.3) is 0 Å². The second kappa shape index (κ2) is 5.61. The lowest BCUT2D eigenvalue weighted by Crippen LogP contribution is -2.42. The summed E-state index contributed by atoms with van der Waals surface area (Å²) in [6.07, 6.45) is 4.03. The van der Waals surface area contributed by atoms with Crippen LogP contribution >= 0.6 is 0 Å². The van der Waals surface area contributed by atoms with Crippen molar-refractivity contribution >= 4 is 0 Å². The average molecular weight is 184 g/mol. The molecule has 1 N–H and O–H groups in total. The van der Waals surface area contributed by atoms with E-state index in [-0.39, 0.29) is 0 Å². The summed E-state index contributed by atoms with van der Waals surface area (Å²) < 4.78 is 0. The minimum Gasteiger partial charge on any atom is -0.317 e. The van der Waals surface area contributed by atoms with E-state index in [2.05, 4.69) is 31.1 Å². The molecule has 1 atom stereocenters. The maximum atomic E-state index is 3.43. The van der Waals surface area contributed by atoms with Gasteiger partial charge in [-0.3, -0.25) is 0 Å². The first-order chi connectivity index (χ1) is 6.29. The second-order valence-electron chi connectivity index (χ2n) is 4.14. The predicted octanol–water partition coefficient (Wildman–Crippen LogP) is 1.72. The Labute approximate surface area is 82.7 Å². The fraction of sp³-hybridized carbons (Fsp3) is 1.00. The number of hydrogen-bond donors (Lipinski definition) is 1. The van der Waals surface area contributed by atoms with E-state index in [1.54, 1.807) is 0 Å². The second-order valence-corrected chi connectivity index (χ2v) is 4.14. The quantitative estimate of drug-likeness (QED) is 0.715. The molecule has 13 heavy (non-hydrogen) atoms. The zero-order chi connectivity index (χ0) is 9.68. The third-order valence-electron chi connectivity index (χ3n) is 3.41. The van der Waals surface area contributed by atoms with Crippen LogP contribution in [0.4, 0.5) is 0 Å². The van der Waals surface area contributed by atoms with Gasteiger partial charge in [-0.2, -0.15) is 0 Å². The minimum absolute atomic E-state index is 0.812. The van der Waals surface area contributed by atoms with Crippen LogP contribution in [0.15, 0.2) is 0 Å². The molecule has 0 radical (unpaired) electrons. The number of rotatable bonds is 4. The van der Waals surface area contributed by atoms with E-state index in [0.717, 1.165) is 12.0 Å². The Morgan fingerprint density at radius 3 is 2.38 bits per heavy atom. The van der Waals surface area contributed by atoms with E-state index < -0.39 is 0 Å². The summed E-state index contributed by atoms with van der Waals surface area (Å²) in [6, 6.07) is 0.812. The van der Waals surface area contributed by atoms with Crippen molar-refractivity contribution in [3.8, 4) is 0 Å². The molecule has 0 amide bonds. The third-order valence-corrected chi connectivity index (χ3v) is 3.41. The standard InChI is InChI=1S/C11H24N2/c1-4-11(13(3)5-2)10-6-8-12-9-7-10/h10-12H,4-9H2,1-3H3/t11-/m0/s1. The van der Waals surface area contributed by atoms with E-state index in [1.165, 1.54) is 38.9 Å². The highest BCUT2D eigenvalue weighted by Crippen LogP contribution is 2.22. The molecule has 2 nitrogen and oxygen atoms in total. The molecule has 2 heteroatoms. The monoisotopic (exact) mass is 184 g/mol. The molecule has 0 aromatic carbocycles. The van der Waals surface area contributed by atoms with Gasteiger partial charge in [0.2, 0.25) is 0 Å². The molecule has 0 aromatic rings. The lowest BCUT2D eigenvalue weighted by molar-refractivity contribution is 0.150. The van der Waals surface area contributed by atoms with Crippen molar-refractivity contribution in [1.82, 2.24) is 10.2 Å². The SMILES string of the molecule is CC[C@@H](C1CCNCC1)N(C)CC. The number of hydrogen-bond acceptors (Lipinski definition) is 2. The van der Waals surface area contributed by atoms with Gasteiger partial charge >= 0.3 is 0 Å². The highest BCUT2D eigenvalue weighted by molar-refractivity contribution is 4.80. The van der Waals surface area contributed by atoms with E-state index in [1.807, 2.05) is 0 Å². The average Bonchev–Trinajstić information content (AvgIpc) is 2.20. The minimum atomic E-state index is 0.812. The van der Waals surface area contributed by atoms with Crippen LogP contribution in [-0.2, 0) is 0 Å². The van der Waals surface area contributed by atoms with Crippen LogP contribution < -0.4 is 5.32 Å². The Morgan fingerprint density at radius 1 is 1.31 bits per heavy atom. The highest BCUT2D eigenvalue weighted by Gasteiger charge is 2.24. The summed E-state index contributed by atoms with van der Waals surface area (Å²) in [5.74, 6) is 0.927. The van der Waals surface area contributed by atoms with Crippen molar-refractivity contribution in [3.05, 3.63) is 0 Å². The maximum Gasteiger partial charge on any atom is 0.0119 e.